The van der Waals surface area contributed by atoms with Gasteiger partial charge >= 0.3 is 6.36 Å². The Morgan fingerprint density at radius 1 is 1.53 bits per heavy atom. The van der Waals surface area contributed by atoms with Crippen LogP contribution in [-0.2, 0) is 12.3 Å². The van der Waals surface area contributed by atoms with Gasteiger partial charge in [0.25, 0.3) is 0 Å². The zero-order valence-electron chi connectivity index (χ0n) is 8.18. The second kappa shape index (κ2) is 5.73. The van der Waals surface area contributed by atoms with Crippen LogP contribution in [0.15, 0.2) is 6.07 Å². The molecule has 1 aromatic heterocycles. The molecule has 0 aliphatic carbocycles. The normalized spacial score (nSPS) is 11.1. The molecule has 1 heterocycles. The Hall–Kier alpha value is -0.750. The van der Waals surface area contributed by atoms with E-state index in [0.29, 0.717) is 3.70 Å². The highest BCUT2D eigenvalue weighted by Crippen LogP contribution is 2.30. The van der Waals surface area contributed by atoms with Crippen LogP contribution in [0.4, 0.5) is 13.2 Å². The van der Waals surface area contributed by atoms with Crippen molar-refractivity contribution in [2.24, 2.45) is 0 Å². The summed E-state index contributed by atoms with van der Waals surface area (Å²) in [6.07, 6.45) is -5.05. The van der Waals surface area contributed by atoms with E-state index in [1.807, 2.05) is 0 Å². The molecule has 0 aliphatic heterocycles. The molecule has 0 aromatic carbocycles. The van der Waals surface area contributed by atoms with E-state index in [9.17, 15) is 13.2 Å². The van der Waals surface area contributed by atoms with Gasteiger partial charge in [0.05, 0.1) is 24.1 Å². The summed E-state index contributed by atoms with van der Waals surface area (Å²) >= 11 is 7.32. The topological polar surface area (TPSA) is 45.9 Å². The highest BCUT2D eigenvalue weighted by atomic mass is 127. The summed E-state index contributed by atoms with van der Waals surface area (Å²) in [5.41, 5.74) is 0.291. The number of nitriles is 1. The lowest BCUT2D eigenvalue weighted by molar-refractivity contribution is -0.274. The van der Waals surface area contributed by atoms with Gasteiger partial charge in [0.15, 0.2) is 0 Å². The fourth-order valence-electron chi connectivity index (χ4n) is 1.16. The van der Waals surface area contributed by atoms with Crippen molar-refractivity contribution in [2.75, 3.05) is 0 Å². The van der Waals surface area contributed by atoms with Crippen LogP contribution in [0, 0.1) is 15.0 Å². The van der Waals surface area contributed by atoms with Gasteiger partial charge in [-0.25, -0.2) is 4.98 Å². The zero-order valence-corrected chi connectivity index (χ0v) is 11.1. The van der Waals surface area contributed by atoms with Gasteiger partial charge in [-0.05, 0) is 22.6 Å². The van der Waals surface area contributed by atoms with Crippen LogP contribution < -0.4 is 4.74 Å². The van der Waals surface area contributed by atoms with Gasteiger partial charge in [-0.1, -0.05) is 0 Å². The van der Waals surface area contributed by atoms with Gasteiger partial charge in [0.1, 0.15) is 9.45 Å². The minimum absolute atomic E-state index is 0.0697. The van der Waals surface area contributed by atoms with E-state index in [1.54, 1.807) is 28.7 Å². The van der Waals surface area contributed by atoms with Crippen molar-refractivity contribution < 1.29 is 17.9 Å². The third kappa shape index (κ3) is 4.20. The maximum absolute atomic E-state index is 12.2. The molecular formula is C9H5ClF3IN2O. The average Bonchev–Trinajstić information content (AvgIpc) is 2.19. The van der Waals surface area contributed by atoms with Crippen LogP contribution in [0.5, 0.6) is 5.75 Å². The second-order valence-corrected chi connectivity index (χ2v) is 4.26. The largest absolute Gasteiger partial charge is 0.573 e. The van der Waals surface area contributed by atoms with Crippen LogP contribution in [0.2, 0.25) is 0 Å². The van der Waals surface area contributed by atoms with Gasteiger partial charge in [-0.2, -0.15) is 5.26 Å². The van der Waals surface area contributed by atoms with Crippen molar-refractivity contribution in [3.8, 4) is 11.8 Å². The molecule has 0 radical (unpaired) electrons. The Kier molecular flexibility index (Phi) is 4.82. The predicted octanol–water partition coefficient (Wildman–Crippen LogP) is 3.39. The molecule has 0 saturated heterocycles. The average molecular weight is 377 g/mol. The lowest BCUT2D eigenvalue weighted by Crippen LogP contribution is -2.19. The summed E-state index contributed by atoms with van der Waals surface area (Å²) in [5.74, 6) is -0.503. The van der Waals surface area contributed by atoms with Crippen molar-refractivity contribution in [3.63, 3.8) is 0 Å². The molecule has 1 rings (SSSR count). The van der Waals surface area contributed by atoms with Gasteiger partial charge in [0, 0.05) is 11.6 Å². The molecule has 0 aliphatic rings. The van der Waals surface area contributed by atoms with Crippen LogP contribution in [0.25, 0.3) is 0 Å². The fraction of sp³-hybridized carbons (Fsp3) is 0.333. The van der Waals surface area contributed by atoms with Crippen molar-refractivity contribution in [3.05, 3.63) is 21.0 Å². The number of aromatic nitrogens is 1. The molecule has 0 amide bonds. The highest BCUT2D eigenvalue weighted by molar-refractivity contribution is 14.1. The minimum Gasteiger partial charge on any atom is -0.405 e. The lowest BCUT2D eigenvalue weighted by atomic mass is 10.1. The number of pyridine rings is 1. The Morgan fingerprint density at radius 2 is 2.18 bits per heavy atom. The standard InChI is InChI=1S/C9H5ClF3IN2O/c10-4-6-5(1-2-15)7(3-8(14)16-6)17-9(11,12)13/h3H,1,4H2. The highest BCUT2D eigenvalue weighted by Gasteiger charge is 2.32. The Bertz CT molecular complexity index is 459. The van der Waals surface area contributed by atoms with E-state index in [4.69, 9.17) is 16.9 Å². The summed E-state index contributed by atoms with van der Waals surface area (Å²) < 4.78 is 40.7. The SMILES string of the molecule is N#CCc1c(OC(F)(F)F)cc(I)nc1CCl. The van der Waals surface area contributed by atoms with Crippen LogP contribution >= 0.6 is 34.2 Å². The number of alkyl halides is 4. The molecule has 0 atom stereocenters. The first-order valence-electron chi connectivity index (χ1n) is 4.24. The van der Waals surface area contributed by atoms with E-state index in [0.717, 1.165) is 6.07 Å². The molecule has 0 fully saturated rings. The van der Waals surface area contributed by atoms with Gasteiger partial charge in [-0.3, -0.25) is 0 Å². The summed E-state index contributed by atoms with van der Waals surface area (Å²) in [7, 11) is 0. The molecule has 0 spiro atoms. The number of nitrogens with zero attached hydrogens (tertiary/aromatic N) is 2. The molecule has 0 unspecified atom stereocenters. The zero-order chi connectivity index (χ0) is 13.1. The van der Waals surface area contributed by atoms with Crippen LogP contribution in [-0.4, -0.2) is 11.3 Å². The number of rotatable bonds is 3. The maximum atomic E-state index is 12.2. The minimum atomic E-state index is -4.81. The van der Waals surface area contributed by atoms with Gasteiger partial charge in [-0.15, -0.1) is 24.8 Å². The smallest absolute Gasteiger partial charge is 0.405 e. The van der Waals surface area contributed by atoms with E-state index < -0.39 is 12.1 Å². The monoisotopic (exact) mass is 376 g/mol. The molecule has 8 heteroatoms. The first kappa shape index (κ1) is 14.3. The van der Waals surface area contributed by atoms with Crippen LogP contribution in [0.1, 0.15) is 11.3 Å². The second-order valence-electron chi connectivity index (χ2n) is 2.88. The van der Waals surface area contributed by atoms with Gasteiger partial charge < -0.3 is 4.74 Å². The number of hydrogen-bond acceptors (Lipinski definition) is 3. The molecule has 0 N–H and O–H groups in total. The molecular weight excluding hydrogens is 371 g/mol. The quantitative estimate of drug-likeness (QED) is 0.461. The van der Waals surface area contributed by atoms with E-state index in [1.165, 1.54) is 0 Å². The first-order chi connectivity index (χ1) is 7.87. The van der Waals surface area contributed by atoms with Crippen molar-refractivity contribution >= 4 is 34.2 Å². The molecule has 3 nitrogen and oxygen atoms in total. The van der Waals surface area contributed by atoms with E-state index >= 15 is 0 Å². The summed E-state index contributed by atoms with van der Waals surface area (Å²) in [5, 5.41) is 8.57. The fourth-order valence-corrected chi connectivity index (χ4v) is 1.96. The molecule has 17 heavy (non-hydrogen) atoms. The van der Waals surface area contributed by atoms with Gasteiger partial charge in [0.2, 0.25) is 0 Å². The third-order valence-electron chi connectivity index (χ3n) is 1.75. The Balaban J connectivity index is 3.26. The van der Waals surface area contributed by atoms with Crippen molar-refractivity contribution in [1.82, 2.24) is 4.98 Å². The molecule has 92 valence electrons. The van der Waals surface area contributed by atoms with Crippen molar-refractivity contribution in [1.29, 1.82) is 5.26 Å². The molecule has 0 bridgehead atoms. The first-order valence-corrected chi connectivity index (χ1v) is 5.85. The van der Waals surface area contributed by atoms with Crippen molar-refractivity contribution in [2.45, 2.75) is 18.7 Å². The van der Waals surface area contributed by atoms with E-state index in [-0.39, 0.29) is 23.6 Å². The molecule has 1 aromatic rings. The Labute approximate surface area is 114 Å². The number of ether oxygens (including phenoxy) is 1. The van der Waals surface area contributed by atoms with Crippen LogP contribution in [0.3, 0.4) is 0 Å². The lowest BCUT2D eigenvalue weighted by Gasteiger charge is -2.14. The number of hydrogen-bond donors (Lipinski definition) is 0. The number of halogens is 5. The summed E-state index contributed by atoms with van der Waals surface area (Å²) in [6.45, 7) is 0. The Morgan fingerprint density at radius 3 is 2.65 bits per heavy atom. The summed E-state index contributed by atoms with van der Waals surface area (Å²) in [6, 6.07) is 2.88. The third-order valence-corrected chi connectivity index (χ3v) is 2.55. The maximum Gasteiger partial charge on any atom is 0.573 e. The predicted molar refractivity (Wildman–Crippen MR) is 62.5 cm³/mol. The van der Waals surface area contributed by atoms with E-state index in [2.05, 4.69) is 9.72 Å². The summed E-state index contributed by atoms with van der Waals surface area (Å²) in [4.78, 5) is 3.96. The molecule has 0 saturated carbocycles.